The van der Waals surface area contributed by atoms with Gasteiger partial charge >= 0.3 is 5.97 Å². The minimum Gasteiger partial charge on any atom is -0.478 e. The van der Waals surface area contributed by atoms with E-state index in [9.17, 15) is 13.8 Å². The molecule has 128 valence electrons. The van der Waals surface area contributed by atoms with Crippen LogP contribution in [-0.4, -0.2) is 37.1 Å². The lowest BCUT2D eigenvalue weighted by Crippen LogP contribution is -2.20. The molecule has 1 heterocycles. The average molecular weight is 367 g/mol. The Balaban J connectivity index is 1.86. The molecule has 0 saturated heterocycles. The van der Waals surface area contributed by atoms with Gasteiger partial charge in [0.1, 0.15) is 10.8 Å². The quantitative estimate of drug-likeness (QED) is 0.777. The number of hydrogen-bond donors (Lipinski definition) is 2. The Hall–Kier alpha value is -2.13. The Morgan fingerprint density at radius 2 is 1.92 bits per heavy atom. The van der Waals surface area contributed by atoms with Gasteiger partial charge in [-0.15, -0.1) is 10.2 Å². The predicted octanol–water partition coefficient (Wildman–Crippen LogP) is 2.25. The zero-order chi connectivity index (χ0) is 17.7. The fraction of sp³-hybridized carbons (Fsp3) is 0.333. The summed E-state index contributed by atoms with van der Waals surface area (Å²) in [4.78, 5) is 22.7. The highest BCUT2D eigenvalue weighted by atomic mass is 32.2. The highest BCUT2D eigenvalue weighted by Gasteiger charge is 2.13. The number of carboxylic acid groups (broad SMARTS) is 1. The number of amides is 1. The van der Waals surface area contributed by atoms with E-state index in [1.54, 1.807) is 12.1 Å². The second-order valence-corrected chi connectivity index (χ2v) is 7.85. The molecule has 0 radical (unpaired) electrons. The smallest absolute Gasteiger partial charge is 0.335 e. The molecular weight excluding hydrogens is 350 g/mol. The zero-order valence-electron chi connectivity index (χ0n) is 13.2. The van der Waals surface area contributed by atoms with Gasteiger partial charge in [-0.1, -0.05) is 37.3 Å². The molecule has 2 rings (SSSR count). The van der Waals surface area contributed by atoms with E-state index >= 15 is 0 Å². The van der Waals surface area contributed by atoms with Gasteiger partial charge in [-0.2, -0.15) is 0 Å². The van der Waals surface area contributed by atoms with Crippen LogP contribution in [0, 0.1) is 0 Å². The molecule has 1 aromatic heterocycles. The third-order valence-electron chi connectivity index (χ3n) is 3.00. The molecule has 0 aliphatic carbocycles. The first-order chi connectivity index (χ1) is 11.3. The van der Waals surface area contributed by atoms with Crippen LogP contribution in [0.25, 0.3) is 0 Å². The standard InChI is InChI=1S/C15H17N3O4S2/c1-9(2)13-17-18-15(23-13)16-12(19)8-24(22)7-10-3-5-11(6-4-10)14(20)21/h3-6,9H,7-8H2,1-2H3,(H,20,21)(H,16,18,19). The van der Waals surface area contributed by atoms with Crippen molar-refractivity contribution in [1.82, 2.24) is 10.2 Å². The number of benzene rings is 1. The molecule has 9 heteroatoms. The summed E-state index contributed by atoms with van der Waals surface area (Å²) in [6, 6.07) is 6.09. The van der Waals surface area contributed by atoms with E-state index in [-0.39, 0.29) is 28.9 Å². The SMILES string of the molecule is CC(C)c1nnc(NC(=O)CS(=O)Cc2ccc(C(=O)O)cc2)s1. The lowest BCUT2D eigenvalue weighted by atomic mass is 10.1. The summed E-state index contributed by atoms with van der Waals surface area (Å²) < 4.78 is 12.0. The van der Waals surface area contributed by atoms with Crippen LogP contribution in [0.1, 0.15) is 40.7 Å². The van der Waals surface area contributed by atoms with Crippen LogP contribution >= 0.6 is 11.3 Å². The fourth-order valence-corrected chi connectivity index (χ4v) is 3.59. The zero-order valence-corrected chi connectivity index (χ0v) is 14.8. The summed E-state index contributed by atoms with van der Waals surface area (Å²) in [6.07, 6.45) is 0. The first-order valence-electron chi connectivity index (χ1n) is 7.15. The highest BCUT2D eigenvalue weighted by molar-refractivity contribution is 7.84. The normalized spacial score (nSPS) is 12.1. The van der Waals surface area contributed by atoms with Gasteiger partial charge in [0.2, 0.25) is 11.0 Å². The molecule has 1 atom stereocenters. The Morgan fingerprint density at radius 1 is 1.25 bits per heavy atom. The maximum atomic E-state index is 12.0. The van der Waals surface area contributed by atoms with Gasteiger partial charge in [-0.25, -0.2) is 4.79 Å². The number of aromatic carboxylic acids is 1. The van der Waals surface area contributed by atoms with Crippen molar-refractivity contribution in [3.8, 4) is 0 Å². The van der Waals surface area contributed by atoms with Crippen LogP contribution in [0.15, 0.2) is 24.3 Å². The van der Waals surface area contributed by atoms with Gasteiger partial charge in [-0.05, 0) is 17.7 Å². The molecule has 0 aliphatic heterocycles. The average Bonchev–Trinajstić information content (AvgIpc) is 2.96. The number of nitrogens with one attached hydrogen (secondary N) is 1. The molecular formula is C15H17N3O4S2. The maximum Gasteiger partial charge on any atom is 0.335 e. The fourth-order valence-electron chi connectivity index (χ4n) is 1.80. The van der Waals surface area contributed by atoms with E-state index in [1.807, 2.05) is 13.8 Å². The Kier molecular flexibility index (Phi) is 6.16. The summed E-state index contributed by atoms with van der Waals surface area (Å²) in [5.41, 5.74) is 0.878. The summed E-state index contributed by atoms with van der Waals surface area (Å²) in [5, 5.41) is 20.5. The lowest BCUT2D eigenvalue weighted by molar-refractivity contribution is -0.113. The summed E-state index contributed by atoms with van der Waals surface area (Å²) in [5.74, 6) is -1.14. The molecule has 2 aromatic rings. The van der Waals surface area contributed by atoms with E-state index in [2.05, 4.69) is 15.5 Å². The topological polar surface area (TPSA) is 109 Å². The van der Waals surface area contributed by atoms with E-state index < -0.39 is 16.8 Å². The van der Waals surface area contributed by atoms with Crippen molar-refractivity contribution in [3.05, 3.63) is 40.4 Å². The van der Waals surface area contributed by atoms with Crippen molar-refractivity contribution < 1.29 is 18.9 Å². The van der Waals surface area contributed by atoms with Crippen molar-refractivity contribution in [2.24, 2.45) is 0 Å². The van der Waals surface area contributed by atoms with Crippen LogP contribution < -0.4 is 5.32 Å². The molecule has 0 saturated carbocycles. The molecule has 0 aliphatic rings. The molecule has 1 aromatic carbocycles. The first-order valence-corrected chi connectivity index (χ1v) is 9.46. The maximum absolute atomic E-state index is 12.0. The van der Waals surface area contributed by atoms with Crippen LogP contribution in [-0.2, 0) is 21.3 Å². The Morgan fingerprint density at radius 3 is 2.46 bits per heavy atom. The molecule has 0 fully saturated rings. The van der Waals surface area contributed by atoms with Gasteiger partial charge in [0.15, 0.2) is 0 Å². The third kappa shape index (κ3) is 5.20. The number of anilines is 1. The van der Waals surface area contributed by atoms with Crippen LogP contribution in [0.5, 0.6) is 0 Å². The number of aromatic nitrogens is 2. The Bertz CT molecular complexity index is 756. The van der Waals surface area contributed by atoms with Crippen LogP contribution in [0.2, 0.25) is 0 Å². The predicted molar refractivity (Wildman–Crippen MR) is 92.7 cm³/mol. The number of nitrogens with zero attached hydrogens (tertiary/aromatic N) is 2. The van der Waals surface area contributed by atoms with Crippen molar-refractivity contribution in [1.29, 1.82) is 0 Å². The molecule has 1 amide bonds. The number of hydrogen-bond acceptors (Lipinski definition) is 6. The van der Waals surface area contributed by atoms with Gasteiger partial charge in [0.25, 0.3) is 0 Å². The largest absolute Gasteiger partial charge is 0.478 e. The second-order valence-electron chi connectivity index (χ2n) is 5.38. The van der Waals surface area contributed by atoms with Gasteiger partial charge < -0.3 is 5.11 Å². The van der Waals surface area contributed by atoms with Crippen molar-refractivity contribution >= 4 is 39.1 Å². The van der Waals surface area contributed by atoms with Crippen molar-refractivity contribution in [2.45, 2.75) is 25.5 Å². The summed E-state index contributed by atoms with van der Waals surface area (Å²) >= 11 is 1.30. The first kappa shape index (κ1) is 18.2. The van der Waals surface area contributed by atoms with Gasteiger partial charge in [0.05, 0.1) is 5.56 Å². The Labute approximate surface area is 145 Å². The third-order valence-corrected chi connectivity index (χ3v) is 5.38. The molecule has 0 spiro atoms. The monoisotopic (exact) mass is 367 g/mol. The molecule has 2 N–H and O–H groups in total. The van der Waals surface area contributed by atoms with Crippen molar-refractivity contribution in [2.75, 3.05) is 11.1 Å². The van der Waals surface area contributed by atoms with E-state index in [4.69, 9.17) is 5.11 Å². The van der Waals surface area contributed by atoms with Crippen molar-refractivity contribution in [3.63, 3.8) is 0 Å². The molecule has 24 heavy (non-hydrogen) atoms. The van der Waals surface area contributed by atoms with Crippen LogP contribution in [0.3, 0.4) is 0 Å². The minimum absolute atomic E-state index is 0.155. The summed E-state index contributed by atoms with van der Waals surface area (Å²) in [7, 11) is -1.40. The molecule has 0 bridgehead atoms. The lowest BCUT2D eigenvalue weighted by Gasteiger charge is -2.03. The highest BCUT2D eigenvalue weighted by Crippen LogP contribution is 2.22. The number of carboxylic acids is 1. The molecule has 7 nitrogen and oxygen atoms in total. The van der Waals surface area contributed by atoms with E-state index in [1.165, 1.54) is 23.5 Å². The van der Waals surface area contributed by atoms with Crippen LogP contribution in [0.4, 0.5) is 5.13 Å². The van der Waals surface area contributed by atoms with E-state index in [0.29, 0.717) is 10.7 Å². The molecule has 1 unspecified atom stereocenters. The van der Waals surface area contributed by atoms with Gasteiger partial charge in [-0.3, -0.25) is 14.3 Å². The minimum atomic E-state index is -1.40. The number of rotatable bonds is 7. The second kappa shape index (κ2) is 8.11. The number of carbonyl (C=O) groups excluding carboxylic acids is 1. The van der Waals surface area contributed by atoms with E-state index in [0.717, 1.165) is 5.01 Å². The summed E-state index contributed by atoms with van der Waals surface area (Å²) in [6.45, 7) is 3.97. The van der Waals surface area contributed by atoms with Gasteiger partial charge in [0, 0.05) is 22.5 Å². The number of carbonyl (C=O) groups is 2.